The highest BCUT2D eigenvalue weighted by molar-refractivity contribution is 5.77. The molecule has 0 unspecified atom stereocenters. The first kappa shape index (κ1) is 17.1. The number of pyridine rings is 1. The molecule has 142 valence electrons. The van der Waals surface area contributed by atoms with Crippen molar-refractivity contribution >= 4 is 11.0 Å². The topological polar surface area (TPSA) is 60.0 Å². The van der Waals surface area contributed by atoms with Gasteiger partial charge in [0.05, 0.1) is 0 Å². The van der Waals surface area contributed by atoms with E-state index in [-0.39, 0.29) is 0 Å². The molecule has 28 heavy (non-hydrogen) atoms. The maximum absolute atomic E-state index is 5.61. The molecule has 0 amide bonds. The number of hydrogen-bond acceptors (Lipinski definition) is 5. The summed E-state index contributed by atoms with van der Waals surface area (Å²) in [5, 5.41) is 5.27. The Hall–Kier alpha value is -2.99. The van der Waals surface area contributed by atoms with E-state index in [2.05, 4.69) is 50.4 Å². The molecule has 0 spiro atoms. The summed E-state index contributed by atoms with van der Waals surface area (Å²) in [6, 6.07) is 16.7. The van der Waals surface area contributed by atoms with Crippen molar-refractivity contribution in [2.45, 2.75) is 25.2 Å². The molecule has 1 aliphatic rings. The van der Waals surface area contributed by atoms with Crippen molar-refractivity contribution in [3.63, 3.8) is 0 Å². The van der Waals surface area contributed by atoms with E-state index in [0.29, 0.717) is 11.9 Å². The Morgan fingerprint density at radius 2 is 1.86 bits per heavy atom. The molecule has 4 heterocycles. The second-order valence-corrected chi connectivity index (χ2v) is 7.39. The predicted molar refractivity (Wildman–Crippen MR) is 107 cm³/mol. The minimum absolute atomic E-state index is 0.337. The van der Waals surface area contributed by atoms with Crippen molar-refractivity contribution in [1.82, 2.24) is 24.6 Å². The van der Waals surface area contributed by atoms with Crippen molar-refractivity contribution < 1.29 is 4.52 Å². The van der Waals surface area contributed by atoms with Gasteiger partial charge in [-0.3, -0.25) is 4.57 Å². The molecular weight excluding hydrogens is 350 g/mol. The molecule has 1 fully saturated rings. The number of benzene rings is 1. The molecule has 6 heteroatoms. The first-order valence-corrected chi connectivity index (χ1v) is 9.89. The summed E-state index contributed by atoms with van der Waals surface area (Å²) in [5.41, 5.74) is 2.25. The fraction of sp³-hybridized carbons (Fsp3) is 0.318. The second kappa shape index (κ2) is 7.56. The number of piperidine rings is 1. The molecule has 6 nitrogen and oxygen atoms in total. The largest absolute Gasteiger partial charge is 0.337 e. The minimum Gasteiger partial charge on any atom is -0.337 e. The second-order valence-electron chi connectivity index (χ2n) is 7.39. The molecule has 0 aliphatic carbocycles. The van der Waals surface area contributed by atoms with Gasteiger partial charge in [0.1, 0.15) is 5.65 Å². The van der Waals surface area contributed by atoms with Crippen molar-refractivity contribution in [2.24, 2.45) is 0 Å². The normalized spacial score (nSPS) is 16.0. The minimum atomic E-state index is 0.337. The lowest BCUT2D eigenvalue weighted by atomic mass is 9.96. The summed E-state index contributed by atoms with van der Waals surface area (Å²) in [6.45, 7) is 3.25. The third-order valence-corrected chi connectivity index (χ3v) is 5.59. The van der Waals surface area contributed by atoms with Gasteiger partial charge in [0.25, 0.3) is 5.95 Å². The molecular formula is C22H23N5O. The Labute approximate surface area is 163 Å². The molecule has 0 radical (unpaired) electrons. The summed E-state index contributed by atoms with van der Waals surface area (Å²) in [5.74, 6) is 1.65. The van der Waals surface area contributed by atoms with Gasteiger partial charge in [-0.25, -0.2) is 4.98 Å². The summed E-state index contributed by atoms with van der Waals surface area (Å²) in [6.07, 6.45) is 6.94. The average molecular weight is 373 g/mol. The highest BCUT2D eigenvalue weighted by Crippen LogP contribution is 2.28. The maximum atomic E-state index is 5.61. The van der Waals surface area contributed by atoms with Gasteiger partial charge in [-0.05, 0) is 61.3 Å². The highest BCUT2D eigenvalue weighted by Gasteiger charge is 2.25. The van der Waals surface area contributed by atoms with Crippen LogP contribution in [-0.2, 0) is 6.42 Å². The molecule has 0 bridgehead atoms. The van der Waals surface area contributed by atoms with Gasteiger partial charge >= 0.3 is 0 Å². The van der Waals surface area contributed by atoms with E-state index < -0.39 is 0 Å². The van der Waals surface area contributed by atoms with E-state index in [0.717, 1.165) is 55.8 Å². The summed E-state index contributed by atoms with van der Waals surface area (Å²) in [7, 11) is 0. The van der Waals surface area contributed by atoms with E-state index in [1.54, 1.807) is 6.20 Å². The van der Waals surface area contributed by atoms with Crippen LogP contribution in [0.1, 0.15) is 30.2 Å². The standard InChI is InChI=1S/C22H23N5O/c1-2-5-17(6-3-1)8-13-26-14-9-19(10-15-26)21-24-22(25-28-21)27-16-11-18-7-4-12-23-20(18)27/h1-7,11-12,16,19H,8-10,13-15H2. The van der Waals surface area contributed by atoms with E-state index in [4.69, 9.17) is 4.52 Å². The van der Waals surface area contributed by atoms with Crippen LogP contribution < -0.4 is 0 Å². The van der Waals surface area contributed by atoms with Gasteiger partial charge in [-0.1, -0.05) is 30.3 Å². The Morgan fingerprint density at radius 3 is 2.71 bits per heavy atom. The third kappa shape index (κ3) is 3.43. The number of likely N-dealkylation sites (tertiary alicyclic amines) is 1. The van der Waals surface area contributed by atoms with Crippen LogP contribution in [-0.4, -0.2) is 44.2 Å². The van der Waals surface area contributed by atoms with Crippen LogP contribution in [0, 0.1) is 0 Å². The molecule has 1 aromatic carbocycles. The van der Waals surface area contributed by atoms with Crippen LogP contribution in [0.5, 0.6) is 0 Å². The van der Waals surface area contributed by atoms with Crippen molar-refractivity contribution in [3.05, 3.63) is 72.4 Å². The van der Waals surface area contributed by atoms with Gasteiger partial charge in [0.15, 0.2) is 0 Å². The van der Waals surface area contributed by atoms with Crippen molar-refractivity contribution in [1.29, 1.82) is 0 Å². The first-order chi connectivity index (χ1) is 13.9. The van der Waals surface area contributed by atoms with Crippen molar-refractivity contribution in [3.8, 4) is 5.95 Å². The van der Waals surface area contributed by atoms with Crippen LogP contribution in [0.3, 0.4) is 0 Å². The predicted octanol–water partition coefficient (Wildman–Crippen LogP) is 3.83. The first-order valence-electron chi connectivity index (χ1n) is 9.89. The molecule has 0 saturated carbocycles. The number of nitrogens with zero attached hydrogens (tertiary/aromatic N) is 5. The SMILES string of the molecule is c1ccc(CCN2CCC(c3nc(-n4ccc5cccnc54)no3)CC2)cc1. The van der Waals surface area contributed by atoms with Crippen LogP contribution in [0.25, 0.3) is 17.0 Å². The van der Waals surface area contributed by atoms with E-state index in [1.165, 1.54) is 5.56 Å². The van der Waals surface area contributed by atoms with Gasteiger partial charge in [0, 0.05) is 30.2 Å². The lowest BCUT2D eigenvalue weighted by Crippen LogP contribution is -2.34. The number of aromatic nitrogens is 4. The smallest absolute Gasteiger partial charge is 0.275 e. The lowest BCUT2D eigenvalue weighted by Gasteiger charge is -2.30. The van der Waals surface area contributed by atoms with Crippen molar-refractivity contribution in [2.75, 3.05) is 19.6 Å². The molecule has 5 rings (SSSR count). The van der Waals surface area contributed by atoms with Gasteiger partial charge in [0.2, 0.25) is 5.89 Å². The van der Waals surface area contributed by atoms with Crippen LogP contribution in [0.4, 0.5) is 0 Å². The van der Waals surface area contributed by atoms with Crippen LogP contribution in [0.15, 0.2) is 65.4 Å². The molecule has 0 N–H and O–H groups in total. The number of fused-ring (bicyclic) bond motifs is 1. The molecule has 1 aliphatic heterocycles. The summed E-state index contributed by atoms with van der Waals surface area (Å²) < 4.78 is 7.50. The molecule has 4 aromatic rings. The van der Waals surface area contributed by atoms with Crippen LogP contribution in [0.2, 0.25) is 0 Å². The third-order valence-electron chi connectivity index (χ3n) is 5.59. The number of rotatable bonds is 5. The molecule has 0 atom stereocenters. The monoisotopic (exact) mass is 373 g/mol. The fourth-order valence-electron chi connectivity index (χ4n) is 3.95. The molecule has 3 aromatic heterocycles. The Morgan fingerprint density at radius 1 is 1.00 bits per heavy atom. The Balaban J connectivity index is 1.22. The molecule has 1 saturated heterocycles. The van der Waals surface area contributed by atoms with Gasteiger partial charge < -0.3 is 9.42 Å². The van der Waals surface area contributed by atoms with Gasteiger partial charge in [-0.15, -0.1) is 0 Å². The summed E-state index contributed by atoms with van der Waals surface area (Å²) >= 11 is 0. The quantitative estimate of drug-likeness (QED) is 0.532. The fourth-order valence-corrected chi connectivity index (χ4v) is 3.95. The number of hydrogen-bond donors (Lipinski definition) is 0. The van der Waals surface area contributed by atoms with E-state index in [9.17, 15) is 0 Å². The highest BCUT2D eigenvalue weighted by atomic mass is 16.5. The zero-order chi connectivity index (χ0) is 18.8. The maximum Gasteiger partial charge on any atom is 0.275 e. The van der Waals surface area contributed by atoms with E-state index >= 15 is 0 Å². The van der Waals surface area contributed by atoms with Gasteiger partial charge in [-0.2, -0.15) is 4.98 Å². The zero-order valence-corrected chi connectivity index (χ0v) is 15.7. The zero-order valence-electron chi connectivity index (χ0n) is 15.7. The van der Waals surface area contributed by atoms with Crippen LogP contribution >= 0.6 is 0 Å². The average Bonchev–Trinajstić information content (AvgIpc) is 3.40. The Kier molecular flexibility index (Phi) is 4.62. The summed E-state index contributed by atoms with van der Waals surface area (Å²) in [4.78, 5) is 11.6. The lowest BCUT2D eigenvalue weighted by molar-refractivity contribution is 0.196. The van der Waals surface area contributed by atoms with E-state index in [1.807, 2.05) is 29.0 Å². The Bertz CT molecular complexity index is 1050.